The van der Waals surface area contributed by atoms with Crippen LogP contribution >= 0.6 is 0 Å². The van der Waals surface area contributed by atoms with Crippen molar-refractivity contribution in [2.24, 2.45) is 0 Å². The number of nitrogens with zero attached hydrogens (tertiary/aromatic N) is 5. The first-order valence-electron chi connectivity index (χ1n) is 9.26. The number of methoxy groups -OCH3 is 1. The van der Waals surface area contributed by atoms with Crippen molar-refractivity contribution >= 4 is 5.91 Å². The van der Waals surface area contributed by atoms with Crippen LogP contribution in [0.1, 0.15) is 33.5 Å². The Morgan fingerprint density at radius 2 is 1.82 bits per heavy atom. The highest BCUT2D eigenvalue weighted by Crippen LogP contribution is 2.31. The number of carbonyl (C=O) groups excluding carboxylic acids is 1. The minimum absolute atomic E-state index is 0.0392. The van der Waals surface area contributed by atoms with Gasteiger partial charge in [-0.2, -0.15) is 5.10 Å². The molecule has 7 nitrogen and oxygen atoms in total. The second-order valence-electron chi connectivity index (χ2n) is 7.16. The van der Waals surface area contributed by atoms with Crippen LogP contribution < -0.4 is 4.74 Å². The summed E-state index contributed by atoms with van der Waals surface area (Å²) in [5.74, 6) is 0.569. The Hall–Kier alpha value is -3.22. The average Bonchev–Trinajstić information content (AvgIpc) is 2.98. The van der Waals surface area contributed by atoms with Crippen LogP contribution in [-0.2, 0) is 0 Å². The number of hydrogen-bond acceptors (Lipinski definition) is 5. The van der Waals surface area contributed by atoms with Gasteiger partial charge in [0.05, 0.1) is 30.1 Å². The highest BCUT2D eigenvalue weighted by Gasteiger charge is 2.33. The van der Waals surface area contributed by atoms with Gasteiger partial charge in [-0.25, -0.2) is 9.97 Å². The lowest BCUT2D eigenvalue weighted by atomic mass is 10.0. The van der Waals surface area contributed by atoms with Gasteiger partial charge in [0.25, 0.3) is 5.91 Å². The third-order valence-corrected chi connectivity index (χ3v) is 5.16. The number of amides is 1. The quantitative estimate of drug-likeness (QED) is 0.699. The van der Waals surface area contributed by atoms with Crippen molar-refractivity contribution in [1.82, 2.24) is 24.6 Å². The molecule has 4 rings (SSSR count). The summed E-state index contributed by atoms with van der Waals surface area (Å²) in [6, 6.07) is 9.84. The number of carbonyl (C=O) groups is 1. The molecule has 1 fully saturated rings. The SMILES string of the molecule is COc1ncnc(C)c1-c1ccc(C(=O)N2CC(n3nc(C)cc3C)C2)cc1. The molecule has 0 bridgehead atoms. The number of likely N-dealkylation sites (tertiary alicyclic amines) is 1. The molecule has 0 saturated carbocycles. The van der Waals surface area contributed by atoms with E-state index in [4.69, 9.17) is 4.74 Å². The minimum Gasteiger partial charge on any atom is -0.480 e. The Kier molecular flexibility index (Phi) is 4.58. The van der Waals surface area contributed by atoms with Gasteiger partial charge < -0.3 is 9.64 Å². The summed E-state index contributed by atoms with van der Waals surface area (Å²) in [4.78, 5) is 23.0. The van der Waals surface area contributed by atoms with Crippen LogP contribution in [-0.4, -0.2) is 50.8 Å². The molecule has 3 heterocycles. The number of aromatic nitrogens is 4. The zero-order chi connectivity index (χ0) is 19.8. The molecule has 0 atom stereocenters. The Labute approximate surface area is 164 Å². The first-order valence-corrected chi connectivity index (χ1v) is 9.26. The second-order valence-corrected chi connectivity index (χ2v) is 7.16. The topological polar surface area (TPSA) is 73.1 Å². The summed E-state index contributed by atoms with van der Waals surface area (Å²) in [5.41, 5.74) is 5.42. The predicted molar refractivity (Wildman–Crippen MR) is 105 cm³/mol. The van der Waals surface area contributed by atoms with Crippen molar-refractivity contribution in [3.05, 3.63) is 59.3 Å². The fourth-order valence-electron chi connectivity index (χ4n) is 3.69. The summed E-state index contributed by atoms with van der Waals surface area (Å²) >= 11 is 0. The summed E-state index contributed by atoms with van der Waals surface area (Å²) in [7, 11) is 1.59. The van der Waals surface area contributed by atoms with Crippen molar-refractivity contribution in [3.63, 3.8) is 0 Å². The van der Waals surface area contributed by atoms with Crippen LogP contribution in [0.2, 0.25) is 0 Å². The lowest BCUT2D eigenvalue weighted by Gasteiger charge is -2.39. The molecular formula is C21H23N5O2. The van der Waals surface area contributed by atoms with Crippen molar-refractivity contribution < 1.29 is 9.53 Å². The first-order chi connectivity index (χ1) is 13.5. The van der Waals surface area contributed by atoms with Gasteiger partial charge in [0, 0.05) is 24.3 Å². The van der Waals surface area contributed by atoms with Crippen LogP contribution in [0.15, 0.2) is 36.7 Å². The predicted octanol–water partition coefficient (Wildman–Crippen LogP) is 2.97. The van der Waals surface area contributed by atoms with Crippen molar-refractivity contribution in [2.45, 2.75) is 26.8 Å². The molecule has 2 aromatic heterocycles. The van der Waals surface area contributed by atoms with Crippen molar-refractivity contribution in [3.8, 4) is 17.0 Å². The van der Waals surface area contributed by atoms with E-state index in [1.54, 1.807) is 7.11 Å². The zero-order valence-corrected chi connectivity index (χ0v) is 16.5. The number of benzene rings is 1. The molecular weight excluding hydrogens is 354 g/mol. The maximum absolute atomic E-state index is 12.8. The van der Waals surface area contributed by atoms with Crippen molar-refractivity contribution in [2.75, 3.05) is 20.2 Å². The molecule has 28 heavy (non-hydrogen) atoms. The molecule has 0 N–H and O–H groups in total. The maximum atomic E-state index is 12.8. The second kappa shape index (κ2) is 7.07. The molecule has 0 aliphatic carbocycles. The van der Waals surface area contributed by atoms with Crippen molar-refractivity contribution in [1.29, 1.82) is 0 Å². The van der Waals surface area contributed by atoms with Gasteiger partial charge in [-0.3, -0.25) is 9.48 Å². The molecule has 1 amide bonds. The number of aryl methyl sites for hydroxylation is 3. The van der Waals surface area contributed by atoms with Gasteiger partial charge >= 0.3 is 0 Å². The molecule has 1 saturated heterocycles. The molecule has 1 aromatic carbocycles. The lowest BCUT2D eigenvalue weighted by Crippen LogP contribution is -2.51. The van der Waals surface area contributed by atoms with Gasteiger partial charge in [0.15, 0.2) is 0 Å². The largest absolute Gasteiger partial charge is 0.480 e. The van der Waals surface area contributed by atoms with Crippen LogP contribution in [0.5, 0.6) is 5.88 Å². The number of ether oxygens (including phenoxy) is 1. The van der Waals surface area contributed by atoms with Gasteiger partial charge in [-0.1, -0.05) is 12.1 Å². The third-order valence-electron chi connectivity index (χ3n) is 5.16. The maximum Gasteiger partial charge on any atom is 0.253 e. The Bertz CT molecular complexity index is 1020. The first kappa shape index (κ1) is 18.2. The average molecular weight is 377 g/mol. The van der Waals surface area contributed by atoms with E-state index in [0.717, 1.165) is 28.2 Å². The molecule has 144 valence electrons. The van der Waals surface area contributed by atoms with Crippen LogP contribution in [0, 0.1) is 20.8 Å². The molecule has 3 aromatic rings. The van der Waals surface area contributed by atoms with E-state index in [1.807, 2.05) is 54.6 Å². The Morgan fingerprint density at radius 1 is 1.11 bits per heavy atom. The normalized spacial score (nSPS) is 14.1. The van der Waals surface area contributed by atoms with Gasteiger partial charge in [-0.05, 0) is 44.5 Å². The van der Waals surface area contributed by atoms with E-state index < -0.39 is 0 Å². The van der Waals surface area contributed by atoms with E-state index in [2.05, 4.69) is 21.1 Å². The van der Waals surface area contributed by atoms with E-state index in [-0.39, 0.29) is 11.9 Å². The fourth-order valence-corrected chi connectivity index (χ4v) is 3.69. The highest BCUT2D eigenvalue weighted by atomic mass is 16.5. The van der Waals surface area contributed by atoms with E-state index in [9.17, 15) is 4.79 Å². The summed E-state index contributed by atoms with van der Waals surface area (Å²) in [6.07, 6.45) is 1.48. The molecule has 1 aliphatic heterocycles. The van der Waals surface area contributed by atoms with Gasteiger partial charge in [-0.15, -0.1) is 0 Å². The van der Waals surface area contributed by atoms with E-state index in [0.29, 0.717) is 24.5 Å². The smallest absolute Gasteiger partial charge is 0.253 e. The monoisotopic (exact) mass is 377 g/mol. The zero-order valence-electron chi connectivity index (χ0n) is 16.5. The summed E-state index contributed by atoms with van der Waals surface area (Å²) in [5, 5.41) is 4.52. The fraction of sp³-hybridized carbons (Fsp3) is 0.333. The molecule has 0 spiro atoms. The van der Waals surface area contributed by atoms with E-state index >= 15 is 0 Å². The van der Waals surface area contributed by atoms with Crippen LogP contribution in [0.4, 0.5) is 0 Å². The van der Waals surface area contributed by atoms with Gasteiger partial charge in [0.1, 0.15) is 6.33 Å². The van der Waals surface area contributed by atoms with Crippen LogP contribution in [0.25, 0.3) is 11.1 Å². The molecule has 0 unspecified atom stereocenters. The minimum atomic E-state index is 0.0392. The number of hydrogen-bond donors (Lipinski definition) is 0. The van der Waals surface area contributed by atoms with Gasteiger partial charge in [0.2, 0.25) is 5.88 Å². The van der Waals surface area contributed by atoms with Crippen LogP contribution in [0.3, 0.4) is 0 Å². The lowest BCUT2D eigenvalue weighted by molar-refractivity contribution is 0.0497. The number of rotatable bonds is 4. The summed E-state index contributed by atoms with van der Waals surface area (Å²) in [6.45, 7) is 7.32. The molecule has 1 aliphatic rings. The molecule has 0 radical (unpaired) electrons. The Balaban J connectivity index is 1.48. The highest BCUT2D eigenvalue weighted by molar-refractivity contribution is 5.95. The standard InChI is InChI=1S/C21H23N5O2/c1-13-9-14(2)26(24-13)18-10-25(11-18)21(27)17-7-5-16(6-8-17)19-15(3)22-12-23-20(19)28-4/h5-9,12,18H,10-11H2,1-4H3. The Morgan fingerprint density at radius 3 is 2.43 bits per heavy atom. The summed E-state index contributed by atoms with van der Waals surface area (Å²) < 4.78 is 7.37. The van der Waals surface area contributed by atoms with E-state index in [1.165, 1.54) is 6.33 Å². The third kappa shape index (κ3) is 3.13. The molecule has 7 heteroatoms.